The van der Waals surface area contributed by atoms with E-state index in [-0.39, 0.29) is 5.56 Å². The first-order valence-electron chi connectivity index (χ1n) is 10.9. The minimum Gasteiger partial charge on any atom is -0.302 e. The third-order valence-corrected chi connectivity index (χ3v) is 6.53. The van der Waals surface area contributed by atoms with Crippen molar-refractivity contribution >= 4 is 29.0 Å². The van der Waals surface area contributed by atoms with E-state index in [1.807, 2.05) is 43.3 Å². The molecule has 0 amide bonds. The van der Waals surface area contributed by atoms with E-state index in [0.717, 1.165) is 40.8 Å². The van der Waals surface area contributed by atoms with Crippen molar-refractivity contribution < 1.29 is 0 Å². The standard InChI is InChI=1S/C24H26ClN5OS/c1-3-4-5-6-12-30-23(18-7-9-19(25)10-8-18)27-28-24(30)32-16-20-15-22(31)29-13-11-17(2)14-21(29)26-20/h7-11,13-15H,3-6,12,16H2,1-2H3. The number of hydrogen-bond donors (Lipinski definition) is 0. The average Bonchev–Trinajstić information content (AvgIpc) is 3.18. The molecule has 32 heavy (non-hydrogen) atoms. The Labute approximate surface area is 196 Å². The Kier molecular flexibility index (Phi) is 7.27. The van der Waals surface area contributed by atoms with E-state index >= 15 is 0 Å². The predicted octanol–water partition coefficient (Wildman–Crippen LogP) is 5.79. The van der Waals surface area contributed by atoms with Crippen LogP contribution in [0.2, 0.25) is 5.02 Å². The molecule has 4 aromatic rings. The van der Waals surface area contributed by atoms with Crippen molar-refractivity contribution in [2.75, 3.05) is 0 Å². The zero-order chi connectivity index (χ0) is 22.5. The van der Waals surface area contributed by atoms with Crippen LogP contribution < -0.4 is 5.56 Å². The van der Waals surface area contributed by atoms with Crippen LogP contribution in [0.25, 0.3) is 17.0 Å². The topological polar surface area (TPSA) is 65.1 Å². The summed E-state index contributed by atoms with van der Waals surface area (Å²) in [5.41, 5.74) is 3.38. The van der Waals surface area contributed by atoms with Gasteiger partial charge in [-0.05, 0) is 55.3 Å². The lowest BCUT2D eigenvalue weighted by Gasteiger charge is -2.10. The molecule has 3 aromatic heterocycles. The highest BCUT2D eigenvalue weighted by Gasteiger charge is 2.15. The highest BCUT2D eigenvalue weighted by atomic mass is 35.5. The lowest BCUT2D eigenvalue weighted by atomic mass is 10.2. The van der Waals surface area contributed by atoms with Crippen molar-refractivity contribution in [1.29, 1.82) is 0 Å². The first-order valence-corrected chi connectivity index (χ1v) is 12.2. The fraction of sp³-hybridized carbons (Fsp3) is 0.333. The molecule has 0 unspecified atom stereocenters. The van der Waals surface area contributed by atoms with Crippen LogP contribution in [0.4, 0.5) is 0 Å². The molecule has 1 aromatic carbocycles. The SMILES string of the molecule is CCCCCCn1c(SCc2cc(=O)n3ccc(C)cc3n2)nnc1-c1ccc(Cl)cc1. The molecule has 0 aliphatic rings. The van der Waals surface area contributed by atoms with Crippen molar-refractivity contribution in [3.8, 4) is 11.4 Å². The van der Waals surface area contributed by atoms with Gasteiger partial charge in [0.2, 0.25) is 0 Å². The minimum absolute atomic E-state index is 0.0755. The Morgan fingerprint density at radius 1 is 1.03 bits per heavy atom. The number of hydrogen-bond acceptors (Lipinski definition) is 5. The second kappa shape index (κ2) is 10.3. The van der Waals surface area contributed by atoms with Gasteiger partial charge in [0.1, 0.15) is 5.65 Å². The van der Waals surface area contributed by atoms with Gasteiger partial charge >= 0.3 is 0 Å². The first kappa shape index (κ1) is 22.6. The monoisotopic (exact) mass is 467 g/mol. The summed E-state index contributed by atoms with van der Waals surface area (Å²) in [6.07, 6.45) is 6.40. The van der Waals surface area contributed by atoms with Gasteiger partial charge in [-0.1, -0.05) is 49.5 Å². The number of nitrogens with zero attached hydrogens (tertiary/aromatic N) is 5. The number of benzene rings is 1. The van der Waals surface area contributed by atoms with Gasteiger partial charge in [-0.15, -0.1) is 10.2 Å². The van der Waals surface area contributed by atoms with Gasteiger partial charge < -0.3 is 4.57 Å². The number of unbranched alkanes of at least 4 members (excludes halogenated alkanes) is 3. The van der Waals surface area contributed by atoms with Crippen molar-refractivity contribution in [2.45, 2.75) is 57.0 Å². The number of thioether (sulfide) groups is 1. The van der Waals surface area contributed by atoms with E-state index in [9.17, 15) is 4.79 Å². The molecule has 0 atom stereocenters. The maximum atomic E-state index is 12.5. The van der Waals surface area contributed by atoms with Crippen molar-refractivity contribution in [1.82, 2.24) is 24.1 Å². The number of halogens is 1. The Bertz CT molecular complexity index is 1270. The Morgan fingerprint density at radius 2 is 1.84 bits per heavy atom. The molecule has 0 bridgehead atoms. The number of rotatable bonds is 9. The maximum absolute atomic E-state index is 12.5. The van der Waals surface area contributed by atoms with Gasteiger partial charge in [-0.2, -0.15) is 0 Å². The van der Waals surface area contributed by atoms with Crippen molar-refractivity contribution in [3.63, 3.8) is 0 Å². The average molecular weight is 468 g/mol. The molecule has 4 rings (SSSR count). The zero-order valence-corrected chi connectivity index (χ0v) is 19.9. The molecule has 0 N–H and O–H groups in total. The van der Waals surface area contributed by atoms with E-state index in [4.69, 9.17) is 11.6 Å². The molecule has 166 valence electrons. The van der Waals surface area contributed by atoms with Crippen LogP contribution in [0.15, 0.2) is 58.6 Å². The molecule has 0 saturated carbocycles. The van der Waals surface area contributed by atoms with E-state index in [1.54, 1.807) is 28.4 Å². The molecule has 0 radical (unpaired) electrons. The minimum atomic E-state index is -0.0755. The van der Waals surface area contributed by atoms with Gasteiger partial charge in [0, 0.05) is 35.1 Å². The summed E-state index contributed by atoms with van der Waals surface area (Å²) in [6, 6.07) is 13.1. The van der Waals surface area contributed by atoms with Crippen molar-refractivity contribution in [2.24, 2.45) is 0 Å². The number of aryl methyl sites for hydroxylation is 1. The number of aromatic nitrogens is 5. The summed E-state index contributed by atoms with van der Waals surface area (Å²) in [5, 5.41) is 10.5. The molecule has 0 fully saturated rings. The lowest BCUT2D eigenvalue weighted by Crippen LogP contribution is -2.15. The van der Waals surface area contributed by atoms with E-state index < -0.39 is 0 Å². The van der Waals surface area contributed by atoms with Crippen LogP contribution in [0.3, 0.4) is 0 Å². The zero-order valence-electron chi connectivity index (χ0n) is 18.3. The van der Waals surface area contributed by atoms with Gasteiger partial charge in [0.05, 0.1) is 5.69 Å². The summed E-state index contributed by atoms with van der Waals surface area (Å²) >= 11 is 7.62. The van der Waals surface area contributed by atoms with Crippen LogP contribution in [0.5, 0.6) is 0 Å². The summed E-state index contributed by atoms with van der Waals surface area (Å²) in [4.78, 5) is 17.2. The molecule has 3 heterocycles. The van der Waals surface area contributed by atoms with Gasteiger partial charge in [-0.3, -0.25) is 9.20 Å². The summed E-state index contributed by atoms with van der Waals surface area (Å²) in [6.45, 7) is 5.05. The van der Waals surface area contributed by atoms with Gasteiger partial charge in [0.15, 0.2) is 11.0 Å². The highest BCUT2D eigenvalue weighted by Crippen LogP contribution is 2.27. The molecule has 6 nitrogen and oxygen atoms in total. The van der Waals surface area contributed by atoms with Crippen LogP contribution in [-0.2, 0) is 12.3 Å². The van der Waals surface area contributed by atoms with Crippen LogP contribution >= 0.6 is 23.4 Å². The molecular weight excluding hydrogens is 442 g/mol. The molecule has 0 aliphatic carbocycles. The molecular formula is C24H26ClN5OS. The van der Waals surface area contributed by atoms with E-state index in [1.165, 1.54) is 19.3 Å². The van der Waals surface area contributed by atoms with Gasteiger partial charge in [-0.25, -0.2) is 4.98 Å². The molecule has 8 heteroatoms. The first-order chi connectivity index (χ1) is 15.5. The maximum Gasteiger partial charge on any atom is 0.258 e. The Morgan fingerprint density at radius 3 is 2.62 bits per heavy atom. The van der Waals surface area contributed by atoms with E-state index in [0.29, 0.717) is 16.4 Å². The summed E-state index contributed by atoms with van der Waals surface area (Å²) < 4.78 is 3.73. The van der Waals surface area contributed by atoms with E-state index in [2.05, 4.69) is 26.7 Å². The molecule has 0 aliphatic heterocycles. The van der Waals surface area contributed by atoms with Crippen LogP contribution in [0, 0.1) is 6.92 Å². The molecule has 0 spiro atoms. The summed E-state index contributed by atoms with van der Waals surface area (Å²) in [5.74, 6) is 1.38. The Hall–Kier alpha value is -2.64. The highest BCUT2D eigenvalue weighted by molar-refractivity contribution is 7.98. The number of fused-ring (bicyclic) bond motifs is 1. The van der Waals surface area contributed by atoms with Gasteiger partial charge in [0.25, 0.3) is 5.56 Å². The Balaban J connectivity index is 1.59. The third kappa shape index (κ3) is 5.22. The quantitative estimate of drug-likeness (QED) is 0.230. The second-order valence-corrected chi connectivity index (χ2v) is 9.21. The smallest absolute Gasteiger partial charge is 0.258 e. The molecule has 0 saturated heterocycles. The second-order valence-electron chi connectivity index (χ2n) is 7.83. The van der Waals surface area contributed by atoms with Crippen LogP contribution in [0.1, 0.15) is 43.9 Å². The fourth-order valence-electron chi connectivity index (χ4n) is 3.57. The normalized spacial score (nSPS) is 11.3. The lowest BCUT2D eigenvalue weighted by molar-refractivity contribution is 0.556. The third-order valence-electron chi connectivity index (χ3n) is 5.28. The fourth-order valence-corrected chi connectivity index (χ4v) is 4.56. The summed E-state index contributed by atoms with van der Waals surface area (Å²) in [7, 11) is 0. The largest absolute Gasteiger partial charge is 0.302 e. The van der Waals surface area contributed by atoms with Crippen molar-refractivity contribution in [3.05, 3.63) is 75.3 Å². The number of pyridine rings is 1. The van der Waals surface area contributed by atoms with Crippen LogP contribution in [-0.4, -0.2) is 24.1 Å². The predicted molar refractivity (Wildman–Crippen MR) is 130 cm³/mol.